The molecule has 74 heavy (non-hydrogen) atoms. The highest BCUT2D eigenvalue weighted by Gasteiger charge is 2.35. The zero-order chi connectivity index (χ0) is 53.6. The monoisotopic (exact) mass is 1040 g/mol. The first-order valence-corrected chi connectivity index (χ1v) is 21.6. The molecule has 0 amide bonds. The molecule has 2 N–H and O–H groups in total. The normalized spacial score (nSPS) is 12.1. The second-order valence-corrected chi connectivity index (χ2v) is 17.7. The molecule has 9 aromatic rings. The topological polar surface area (TPSA) is 96.6 Å². The van der Waals surface area contributed by atoms with Crippen LogP contribution in [-0.2, 0) is 0 Å². The van der Waals surface area contributed by atoms with Crippen LogP contribution in [0.25, 0.3) is 101 Å². The molecule has 6 bridgehead atoms. The molecule has 4 aromatic carbocycles. The Hall–Kier alpha value is -8.44. The van der Waals surface area contributed by atoms with Crippen molar-refractivity contribution in [3.63, 3.8) is 0 Å². The van der Waals surface area contributed by atoms with Gasteiger partial charge in [-0.1, -0.05) is 0 Å². The van der Waals surface area contributed by atoms with E-state index in [4.69, 9.17) is 8.83 Å². The van der Waals surface area contributed by atoms with E-state index in [1.807, 2.05) is 0 Å². The molecule has 0 radical (unpaired) electrons. The SMILES string of the molecule is CN(C)c1c(F)c(F)c(-c2c3nc(c(-c4c(F)c(F)c(N(C)C)c(F)c4F)c4ccc([nH]4)c4c(nc5oc6c(F)c(N(C)C)c(F)c(F)c6c5c5ccc2[nH]5)oc2c(F)c(N(C)C)c(F)c(F)c24)C=C3)c(F)c1F. The number of H-pyrrole nitrogens is 2. The van der Waals surface area contributed by atoms with Crippen LogP contribution < -0.4 is 19.6 Å². The van der Waals surface area contributed by atoms with Crippen LogP contribution in [0.1, 0.15) is 11.4 Å². The predicted octanol–water partition coefficient (Wildman–Crippen LogP) is 13.5. The van der Waals surface area contributed by atoms with Crippen molar-refractivity contribution >= 4 is 101 Å². The number of benzene rings is 4. The van der Waals surface area contributed by atoms with Crippen LogP contribution in [0.4, 0.5) is 84.2 Å². The summed E-state index contributed by atoms with van der Waals surface area (Å²) >= 11 is 0. The number of aromatic nitrogens is 4. The van der Waals surface area contributed by atoms with Crippen molar-refractivity contribution in [1.82, 2.24) is 19.9 Å². The molecule has 0 fully saturated rings. The summed E-state index contributed by atoms with van der Waals surface area (Å²) in [7, 11) is 8.94. The third-order valence-electron chi connectivity index (χ3n) is 12.4. The minimum Gasteiger partial charge on any atom is -0.434 e. The van der Waals surface area contributed by atoms with Gasteiger partial charge >= 0.3 is 0 Å². The number of fused-ring (bicyclic) bond motifs is 14. The number of nitrogens with one attached hydrogen (secondary N) is 2. The summed E-state index contributed by atoms with van der Waals surface area (Å²) in [4.78, 5) is 17.1. The van der Waals surface area contributed by atoms with E-state index in [-0.39, 0.29) is 0 Å². The summed E-state index contributed by atoms with van der Waals surface area (Å²) < 4.78 is 240. The Labute approximate surface area is 405 Å². The molecule has 382 valence electrons. The lowest BCUT2D eigenvalue weighted by molar-refractivity contribution is 0.459. The second-order valence-electron chi connectivity index (χ2n) is 17.7. The van der Waals surface area contributed by atoms with Gasteiger partial charge in [0, 0.05) is 78.5 Å². The van der Waals surface area contributed by atoms with Gasteiger partial charge in [0.2, 0.25) is 11.4 Å². The Morgan fingerprint density at radius 1 is 0.324 bits per heavy atom. The fourth-order valence-electron chi connectivity index (χ4n) is 9.22. The average Bonchev–Trinajstić information content (AvgIpc) is 4.19. The molecule has 5 aromatic heterocycles. The van der Waals surface area contributed by atoms with E-state index in [9.17, 15) is 0 Å². The molecule has 10 rings (SSSR count). The van der Waals surface area contributed by atoms with Crippen molar-refractivity contribution in [3.8, 4) is 22.3 Å². The predicted molar refractivity (Wildman–Crippen MR) is 252 cm³/mol. The number of hydrogen-bond donors (Lipinski definition) is 2. The van der Waals surface area contributed by atoms with Gasteiger partial charge in [-0.3, -0.25) is 0 Å². The molecule has 0 saturated carbocycles. The number of anilines is 4. The zero-order valence-corrected chi connectivity index (χ0v) is 39.3. The minimum absolute atomic E-state index is 0.503. The largest absolute Gasteiger partial charge is 0.434 e. The highest BCUT2D eigenvalue weighted by molar-refractivity contribution is 6.16. The maximum atomic E-state index is 16.6. The van der Waals surface area contributed by atoms with E-state index in [1.54, 1.807) is 0 Å². The molecule has 24 heteroatoms. The van der Waals surface area contributed by atoms with Crippen molar-refractivity contribution in [2.75, 3.05) is 76.0 Å². The highest BCUT2D eigenvalue weighted by Crippen LogP contribution is 2.46. The van der Waals surface area contributed by atoms with Gasteiger partial charge in [0.1, 0.15) is 22.7 Å². The lowest BCUT2D eigenvalue weighted by Crippen LogP contribution is -2.16. The molecule has 1 aliphatic rings. The van der Waals surface area contributed by atoms with Gasteiger partial charge in [-0.25, -0.2) is 66.4 Å². The van der Waals surface area contributed by atoms with Crippen molar-refractivity contribution in [1.29, 1.82) is 0 Å². The molecule has 0 saturated heterocycles. The van der Waals surface area contributed by atoms with Crippen LogP contribution in [0.15, 0.2) is 33.1 Å². The van der Waals surface area contributed by atoms with E-state index >= 15 is 61.5 Å². The summed E-state index contributed by atoms with van der Waals surface area (Å²) in [6.07, 6.45) is 1.84. The molecule has 0 spiro atoms. The number of halogens is 14. The molecular formula is C50H32F14N8O2. The number of hydrogen-bond acceptors (Lipinski definition) is 8. The van der Waals surface area contributed by atoms with Crippen molar-refractivity contribution < 1.29 is 70.3 Å². The summed E-state index contributed by atoms with van der Waals surface area (Å²) in [6.45, 7) is 0. The third kappa shape index (κ3) is 6.85. The maximum absolute atomic E-state index is 16.6. The molecular weight excluding hydrogens is 1010 g/mol. The second kappa shape index (κ2) is 17.1. The Balaban J connectivity index is 1.53. The summed E-state index contributed by atoms with van der Waals surface area (Å²) in [5.41, 5.74) is -16.5. The summed E-state index contributed by atoms with van der Waals surface area (Å²) in [5, 5.41) is -3.44. The van der Waals surface area contributed by atoms with Crippen molar-refractivity contribution in [3.05, 3.63) is 117 Å². The van der Waals surface area contributed by atoms with Crippen molar-refractivity contribution in [2.45, 2.75) is 0 Å². The minimum atomic E-state index is -2.03. The zero-order valence-electron chi connectivity index (χ0n) is 39.3. The molecule has 0 unspecified atom stereocenters. The number of aromatic amines is 2. The average molecular weight is 1040 g/mol. The first-order chi connectivity index (χ1) is 34.9. The Kier molecular flexibility index (Phi) is 11.3. The Morgan fingerprint density at radius 2 is 0.608 bits per heavy atom. The number of furan rings is 2. The molecule has 10 nitrogen and oxygen atoms in total. The number of nitrogens with zero attached hydrogens (tertiary/aromatic N) is 6. The van der Waals surface area contributed by atoms with E-state index < -0.39 is 204 Å². The van der Waals surface area contributed by atoms with Gasteiger partial charge in [0.15, 0.2) is 92.6 Å². The van der Waals surface area contributed by atoms with Crippen LogP contribution in [0, 0.1) is 81.4 Å². The highest BCUT2D eigenvalue weighted by atomic mass is 19.2. The van der Waals surface area contributed by atoms with Crippen LogP contribution in [0.3, 0.4) is 0 Å². The molecule has 0 aliphatic carbocycles. The first-order valence-electron chi connectivity index (χ1n) is 21.6. The Bertz CT molecular complexity index is 3850. The van der Waals surface area contributed by atoms with Gasteiger partial charge in [-0.15, -0.1) is 0 Å². The van der Waals surface area contributed by atoms with Crippen LogP contribution >= 0.6 is 0 Å². The lowest BCUT2D eigenvalue weighted by atomic mass is 10.0. The van der Waals surface area contributed by atoms with E-state index in [2.05, 4.69) is 19.9 Å². The quantitative estimate of drug-likeness (QED) is 0.126. The van der Waals surface area contributed by atoms with Crippen LogP contribution in [-0.4, -0.2) is 76.3 Å². The van der Waals surface area contributed by atoms with Gasteiger partial charge in [-0.2, -0.15) is 4.98 Å². The summed E-state index contributed by atoms with van der Waals surface area (Å²) in [6, 6.07) is 3.95. The Morgan fingerprint density at radius 3 is 0.919 bits per heavy atom. The fourth-order valence-corrected chi connectivity index (χ4v) is 9.22. The third-order valence-corrected chi connectivity index (χ3v) is 12.4. The van der Waals surface area contributed by atoms with Gasteiger partial charge < -0.3 is 38.4 Å². The molecule has 6 heterocycles. The van der Waals surface area contributed by atoms with Crippen LogP contribution in [0.2, 0.25) is 0 Å². The summed E-state index contributed by atoms with van der Waals surface area (Å²) in [5.74, 6) is -26.0. The van der Waals surface area contributed by atoms with Gasteiger partial charge in [0.25, 0.3) is 0 Å². The maximum Gasteiger partial charge on any atom is 0.232 e. The van der Waals surface area contributed by atoms with Crippen molar-refractivity contribution in [2.24, 2.45) is 0 Å². The fraction of sp³-hybridized carbons (Fsp3) is 0.160. The van der Waals surface area contributed by atoms with E-state index in [1.165, 1.54) is 0 Å². The van der Waals surface area contributed by atoms with Gasteiger partial charge in [0.05, 0.1) is 55.1 Å². The van der Waals surface area contributed by atoms with Crippen LogP contribution in [0.5, 0.6) is 0 Å². The number of rotatable bonds is 6. The smallest absolute Gasteiger partial charge is 0.232 e. The lowest BCUT2D eigenvalue weighted by Gasteiger charge is -2.18. The standard InChI is InChI=1S/C50H32F14N8O2/c1-69(2)43-35(57)29(51)25(30(52)36(43)58)21-15-9-10-16(65-15)22(26-31(53)37(59)44(70(3)4)38(60)32(26)54)18-12-14-20(67-18)24-28-34(56)40(62)46(72(7)8)42(64)48(28)74-50(24)68-49-23(19-13-11-17(21)66-19)27-33(55)39(61)45(71(5)6)41(63)47(27)73-49/h9-14,66-67H,1-8H3. The molecule has 0 atom stereocenters. The first kappa shape index (κ1) is 49.2. The molecule has 1 aliphatic heterocycles. The van der Waals surface area contributed by atoms with E-state index in [0.29, 0.717) is 0 Å². The van der Waals surface area contributed by atoms with Gasteiger partial charge in [-0.05, 0) is 36.4 Å². The van der Waals surface area contributed by atoms with E-state index in [0.717, 1.165) is 112 Å².